The molecule has 0 fully saturated rings. The van der Waals surface area contributed by atoms with Gasteiger partial charge in [-0.1, -0.05) is 12.1 Å². The molecule has 0 aliphatic heterocycles. The molecular formula is C9H12N4O. The first-order chi connectivity index (χ1) is 6.81. The normalized spacial score (nSPS) is 10.9. The molecule has 1 amide bonds. The monoisotopic (exact) mass is 192 g/mol. The number of hydrogen-bond donors (Lipinski definition) is 3. The lowest BCUT2D eigenvalue weighted by molar-refractivity contribution is -0.105. The molecular weight excluding hydrogens is 180 g/mol. The Morgan fingerprint density at radius 2 is 2.36 bits per heavy atom. The fourth-order valence-electron chi connectivity index (χ4n) is 1.10. The first-order valence-electron chi connectivity index (χ1n) is 4.06. The van der Waals surface area contributed by atoms with Gasteiger partial charge in [-0.3, -0.25) is 9.79 Å². The smallest absolute Gasteiger partial charge is 0.211 e. The van der Waals surface area contributed by atoms with Gasteiger partial charge in [-0.25, -0.2) is 5.84 Å². The van der Waals surface area contributed by atoms with Crippen LogP contribution >= 0.6 is 0 Å². The molecule has 74 valence electrons. The number of amidine groups is 1. The maximum absolute atomic E-state index is 10.2. The summed E-state index contributed by atoms with van der Waals surface area (Å²) in [4.78, 5) is 14.2. The summed E-state index contributed by atoms with van der Waals surface area (Å²) in [5.41, 5.74) is 4.00. The molecule has 0 bridgehead atoms. The van der Waals surface area contributed by atoms with Gasteiger partial charge < -0.3 is 10.7 Å². The van der Waals surface area contributed by atoms with Crippen molar-refractivity contribution >= 4 is 17.9 Å². The third-order valence-electron chi connectivity index (χ3n) is 1.72. The minimum Gasteiger partial charge on any atom is -0.329 e. The molecule has 1 rings (SSSR count). The van der Waals surface area contributed by atoms with Gasteiger partial charge in [-0.05, 0) is 12.1 Å². The van der Waals surface area contributed by atoms with Gasteiger partial charge in [0.1, 0.15) is 5.84 Å². The zero-order valence-corrected chi connectivity index (χ0v) is 7.82. The van der Waals surface area contributed by atoms with Gasteiger partial charge >= 0.3 is 0 Å². The van der Waals surface area contributed by atoms with Crippen LogP contribution in [0.5, 0.6) is 0 Å². The van der Waals surface area contributed by atoms with Crippen molar-refractivity contribution in [1.29, 1.82) is 0 Å². The number of nitrogens with two attached hydrogens (primary N) is 1. The van der Waals surface area contributed by atoms with E-state index in [4.69, 9.17) is 5.84 Å². The van der Waals surface area contributed by atoms with E-state index in [9.17, 15) is 4.79 Å². The van der Waals surface area contributed by atoms with Crippen molar-refractivity contribution in [2.45, 2.75) is 0 Å². The highest BCUT2D eigenvalue weighted by Gasteiger charge is 2.00. The van der Waals surface area contributed by atoms with Gasteiger partial charge in [0.05, 0.1) is 0 Å². The van der Waals surface area contributed by atoms with Crippen LogP contribution in [0.1, 0.15) is 5.56 Å². The summed E-state index contributed by atoms with van der Waals surface area (Å²) in [7, 11) is 1.63. The lowest BCUT2D eigenvalue weighted by Gasteiger charge is -2.06. The fourth-order valence-corrected chi connectivity index (χ4v) is 1.10. The van der Waals surface area contributed by atoms with Crippen molar-refractivity contribution in [3.63, 3.8) is 0 Å². The first-order valence-corrected chi connectivity index (χ1v) is 4.06. The molecule has 5 heteroatoms. The van der Waals surface area contributed by atoms with Crippen molar-refractivity contribution in [1.82, 2.24) is 5.43 Å². The summed E-state index contributed by atoms with van der Waals surface area (Å²) >= 11 is 0. The molecule has 5 nitrogen and oxygen atoms in total. The van der Waals surface area contributed by atoms with E-state index in [0.717, 1.165) is 5.56 Å². The Bertz CT molecular complexity index is 348. The van der Waals surface area contributed by atoms with Crippen molar-refractivity contribution in [3.8, 4) is 0 Å². The third-order valence-corrected chi connectivity index (χ3v) is 1.72. The van der Waals surface area contributed by atoms with Crippen molar-refractivity contribution in [2.24, 2.45) is 10.8 Å². The summed E-state index contributed by atoms with van der Waals surface area (Å²) < 4.78 is 0. The molecule has 0 saturated carbocycles. The average molecular weight is 192 g/mol. The van der Waals surface area contributed by atoms with E-state index in [2.05, 4.69) is 15.7 Å². The van der Waals surface area contributed by atoms with Crippen LogP contribution in [0.15, 0.2) is 29.3 Å². The molecule has 14 heavy (non-hydrogen) atoms. The zero-order chi connectivity index (χ0) is 10.4. The second-order valence-electron chi connectivity index (χ2n) is 2.56. The Morgan fingerprint density at radius 1 is 1.57 bits per heavy atom. The van der Waals surface area contributed by atoms with E-state index >= 15 is 0 Å². The van der Waals surface area contributed by atoms with Gasteiger partial charge in [0, 0.05) is 18.3 Å². The van der Waals surface area contributed by atoms with Gasteiger partial charge in [0.15, 0.2) is 0 Å². The van der Waals surface area contributed by atoms with Crippen LogP contribution < -0.4 is 16.6 Å². The topological polar surface area (TPSA) is 79.5 Å². The lowest BCUT2D eigenvalue weighted by Crippen LogP contribution is -2.30. The van der Waals surface area contributed by atoms with Crippen LogP contribution in [0, 0.1) is 0 Å². The standard InChI is InChI=1S/C9H12N4O/c1-11-9(13-10)7-3-2-4-8(5-7)12-6-14/h2-6H,10H2,1H3,(H,11,13)(H,12,14). The molecule has 0 unspecified atom stereocenters. The second kappa shape index (κ2) is 4.98. The summed E-state index contributed by atoms with van der Waals surface area (Å²) in [6.45, 7) is 0. The van der Waals surface area contributed by atoms with Gasteiger partial charge in [-0.2, -0.15) is 0 Å². The number of nitrogens with one attached hydrogen (secondary N) is 2. The highest BCUT2D eigenvalue weighted by Crippen LogP contribution is 2.09. The molecule has 0 aliphatic rings. The molecule has 0 heterocycles. The van der Waals surface area contributed by atoms with Gasteiger partial charge in [0.2, 0.25) is 6.41 Å². The molecule has 1 aromatic carbocycles. The summed E-state index contributed by atoms with van der Waals surface area (Å²) in [5, 5.41) is 2.55. The molecule has 0 atom stereocenters. The fraction of sp³-hybridized carbons (Fsp3) is 0.111. The Labute approximate surface area is 82.0 Å². The van der Waals surface area contributed by atoms with Crippen molar-refractivity contribution < 1.29 is 4.79 Å². The van der Waals surface area contributed by atoms with E-state index in [0.29, 0.717) is 17.9 Å². The molecule has 4 N–H and O–H groups in total. The van der Waals surface area contributed by atoms with E-state index in [1.54, 1.807) is 19.2 Å². The Morgan fingerprint density at radius 3 is 2.93 bits per heavy atom. The number of amides is 1. The highest BCUT2D eigenvalue weighted by atomic mass is 16.1. The third kappa shape index (κ3) is 2.30. The number of carbonyl (C=O) groups excluding carboxylic acids is 1. The number of aliphatic imine (C=N–C) groups is 1. The number of benzene rings is 1. The summed E-state index contributed by atoms with van der Waals surface area (Å²) in [6.07, 6.45) is 0.623. The molecule has 0 aliphatic carbocycles. The average Bonchev–Trinajstić information content (AvgIpc) is 2.21. The number of anilines is 1. The van der Waals surface area contributed by atoms with Crippen LogP contribution in [-0.4, -0.2) is 19.3 Å². The molecule has 0 saturated heterocycles. The van der Waals surface area contributed by atoms with Crippen LogP contribution in [0.2, 0.25) is 0 Å². The number of hydrogen-bond acceptors (Lipinski definition) is 3. The zero-order valence-electron chi connectivity index (χ0n) is 7.82. The van der Waals surface area contributed by atoms with Crippen LogP contribution in [0.25, 0.3) is 0 Å². The van der Waals surface area contributed by atoms with E-state index in [1.807, 2.05) is 12.1 Å². The predicted molar refractivity (Wildman–Crippen MR) is 55.9 cm³/mol. The Kier molecular flexibility index (Phi) is 3.63. The predicted octanol–water partition coefficient (Wildman–Crippen LogP) is 0.0946. The van der Waals surface area contributed by atoms with E-state index in [1.165, 1.54) is 0 Å². The summed E-state index contributed by atoms with van der Waals surface area (Å²) in [5.74, 6) is 5.84. The number of carbonyl (C=O) groups is 1. The number of nitrogens with zero attached hydrogens (tertiary/aromatic N) is 1. The van der Waals surface area contributed by atoms with Crippen molar-refractivity contribution in [3.05, 3.63) is 29.8 Å². The lowest BCUT2D eigenvalue weighted by atomic mass is 10.2. The van der Waals surface area contributed by atoms with Crippen LogP contribution in [0.4, 0.5) is 5.69 Å². The van der Waals surface area contributed by atoms with Gasteiger partial charge in [0.25, 0.3) is 0 Å². The van der Waals surface area contributed by atoms with Crippen LogP contribution in [0.3, 0.4) is 0 Å². The van der Waals surface area contributed by atoms with E-state index in [-0.39, 0.29) is 0 Å². The second-order valence-corrected chi connectivity index (χ2v) is 2.56. The Hall–Kier alpha value is -1.88. The molecule has 0 spiro atoms. The molecule has 1 aromatic rings. The summed E-state index contributed by atoms with van der Waals surface area (Å²) in [6, 6.07) is 7.21. The maximum Gasteiger partial charge on any atom is 0.211 e. The highest BCUT2D eigenvalue weighted by molar-refractivity contribution is 5.99. The quantitative estimate of drug-likeness (QED) is 0.209. The van der Waals surface area contributed by atoms with Gasteiger partial charge in [-0.15, -0.1) is 0 Å². The molecule has 0 radical (unpaired) electrons. The SMILES string of the molecule is CN=C(NN)c1cccc(NC=O)c1. The number of hydrazine groups is 1. The minimum atomic E-state index is 0.569. The maximum atomic E-state index is 10.2. The molecule has 0 aromatic heterocycles. The largest absolute Gasteiger partial charge is 0.329 e. The number of rotatable bonds is 3. The Balaban J connectivity index is 2.98. The van der Waals surface area contributed by atoms with E-state index < -0.39 is 0 Å². The van der Waals surface area contributed by atoms with Crippen LogP contribution in [-0.2, 0) is 4.79 Å². The first kappa shape index (κ1) is 10.2. The minimum absolute atomic E-state index is 0.569. The van der Waals surface area contributed by atoms with Crippen molar-refractivity contribution in [2.75, 3.05) is 12.4 Å².